The van der Waals surface area contributed by atoms with Crippen LogP contribution in [0.3, 0.4) is 0 Å². The van der Waals surface area contributed by atoms with Gasteiger partial charge in [0, 0.05) is 36.1 Å². The van der Waals surface area contributed by atoms with Crippen LogP contribution in [0, 0.1) is 10.1 Å². The lowest BCUT2D eigenvalue weighted by atomic mass is 10.0. The van der Waals surface area contributed by atoms with E-state index in [1.54, 1.807) is 12.1 Å². The molecule has 2 aromatic carbocycles. The molecule has 1 aliphatic heterocycles. The first-order valence-corrected chi connectivity index (χ1v) is 8.53. The van der Waals surface area contributed by atoms with Crippen molar-refractivity contribution < 1.29 is 14.6 Å². The van der Waals surface area contributed by atoms with Gasteiger partial charge in [0.25, 0.3) is 5.69 Å². The van der Waals surface area contributed by atoms with Crippen molar-refractivity contribution in [3.8, 4) is 0 Å². The Morgan fingerprint density at radius 1 is 1.16 bits per heavy atom. The number of nitro benzene ring substituents is 1. The Morgan fingerprint density at radius 3 is 2.52 bits per heavy atom. The van der Waals surface area contributed by atoms with Crippen molar-refractivity contribution in [1.82, 2.24) is 0 Å². The van der Waals surface area contributed by atoms with Gasteiger partial charge < -0.3 is 10.2 Å². The highest BCUT2D eigenvalue weighted by molar-refractivity contribution is 5.79. The topological polar surface area (TPSA) is 76.7 Å². The van der Waals surface area contributed by atoms with Crippen molar-refractivity contribution in [2.75, 3.05) is 18.4 Å². The van der Waals surface area contributed by atoms with E-state index in [-0.39, 0.29) is 11.7 Å². The maximum Gasteiger partial charge on any atom is 0.293 e. The fourth-order valence-corrected chi connectivity index (χ4v) is 3.35. The minimum atomic E-state index is -0.439. The van der Waals surface area contributed by atoms with E-state index in [2.05, 4.69) is 29.6 Å². The first-order chi connectivity index (χ1) is 12.2. The van der Waals surface area contributed by atoms with Gasteiger partial charge in [-0.25, -0.2) is 0 Å². The van der Waals surface area contributed by atoms with Crippen LogP contribution in [-0.2, 0) is 6.54 Å². The van der Waals surface area contributed by atoms with E-state index in [4.69, 9.17) is 0 Å². The number of nitrogens with one attached hydrogen (secondary N) is 2. The van der Waals surface area contributed by atoms with Crippen molar-refractivity contribution in [3.05, 3.63) is 69.8 Å². The predicted molar refractivity (Wildman–Crippen MR) is 96.0 cm³/mol. The number of carbonyl (C=O) groups is 1. The number of quaternary nitrogens is 1. The van der Waals surface area contributed by atoms with Crippen molar-refractivity contribution in [2.45, 2.75) is 25.4 Å². The van der Waals surface area contributed by atoms with Gasteiger partial charge in [0.2, 0.25) is 0 Å². The largest absolute Gasteiger partial charge is 0.376 e. The third-order valence-corrected chi connectivity index (χ3v) is 4.70. The van der Waals surface area contributed by atoms with Gasteiger partial charge in [-0.3, -0.25) is 14.9 Å². The van der Waals surface area contributed by atoms with Crippen LogP contribution in [-0.4, -0.2) is 30.3 Å². The molecule has 0 spiro atoms. The summed E-state index contributed by atoms with van der Waals surface area (Å²) in [5.41, 5.74) is 2.11. The lowest BCUT2D eigenvalue weighted by Gasteiger charge is -2.30. The number of hydrogen-bond donors (Lipinski definition) is 2. The molecule has 0 amide bonds. The SMILES string of the molecule is O=Cc1ccc(NC2CC[NH+](Cc3ccccc3)CC2)c([N+](=O)[O-])c1. The number of piperidine rings is 1. The van der Waals surface area contributed by atoms with Crippen molar-refractivity contribution in [1.29, 1.82) is 0 Å². The average Bonchev–Trinajstić information content (AvgIpc) is 2.64. The van der Waals surface area contributed by atoms with Gasteiger partial charge in [0.05, 0.1) is 18.0 Å². The van der Waals surface area contributed by atoms with E-state index in [0.717, 1.165) is 32.5 Å². The zero-order chi connectivity index (χ0) is 17.6. The summed E-state index contributed by atoms with van der Waals surface area (Å²) in [6.07, 6.45) is 2.56. The summed E-state index contributed by atoms with van der Waals surface area (Å²) in [7, 11) is 0. The number of aldehydes is 1. The quantitative estimate of drug-likeness (QED) is 0.479. The molecule has 1 heterocycles. The van der Waals surface area contributed by atoms with Gasteiger partial charge >= 0.3 is 0 Å². The van der Waals surface area contributed by atoms with Gasteiger partial charge in [-0.15, -0.1) is 0 Å². The van der Waals surface area contributed by atoms with Crippen molar-refractivity contribution >= 4 is 17.7 Å². The summed E-state index contributed by atoms with van der Waals surface area (Å²) in [5.74, 6) is 0. The molecule has 0 bridgehead atoms. The lowest BCUT2D eigenvalue weighted by molar-refractivity contribution is -0.918. The molecule has 25 heavy (non-hydrogen) atoms. The second-order valence-electron chi connectivity index (χ2n) is 6.48. The molecular formula is C19H22N3O3+. The Labute approximate surface area is 146 Å². The normalized spacial score (nSPS) is 20.0. The Kier molecular flexibility index (Phi) is 5.40. The number of anilines is 1. The first-order valence-electron chi connectivity index (χ1n) is 8.53. The number of carbonyl (C=O) groups excluding carboxylic acids is 1. The van der Waals surface area contributed by atoms with Crippen LogP contribution in [0.15, 0.2) is 48.5 Å². The monoisotopic (exact) mass is 340 g/mol. The number of hydrogen-bond acceptors (Lipinski definition) is 4. The first kappa shape index (κ1) is 17.1. The van der Waals surface area contributed by atoms with Gasteiger partial charge in [-0.05, 0) is 12.1 Å². The Hall–Kier alpha value is -2.73. The molecule has 2 N–H and O–H groups in total. The molecule has 0 atom stereocenters. The number of nitrogens with zero attached hydrogens (tertiary/aromatic N) is 1. The standard InChI is InChI=1S/C19H21N3O3/c23-14-16-6-7-18(19(12-16)22(24)25)20-17-8-10-21(11-9-17)13-15-4-2-1-3-5-15/h1-7,12,14,17,20H,8-11,13H2/p+1. The van der Waals surface area contributed by atoms with E-state index >= 15 is 0 Å². The molecule has 6 heteroatoms. The Morgan fingerprint density at radius 2 is 1.88 bits per heavy atom. The fraction of sp³-hybridized carbons (Fsp3) is 0.316. The summed E-state index contributed by atoms with van der Waals surface area (Å²) in [6.45, 7) is 3.08. The average molecular weight is 340 g/mol. The third kappa shape index (κ3) is 4.42. The number of rotatable bonds is 6. The zero-order valence-electron chi connectivity index (χ0n) is 14.0. The van der Waals surface area contributed by atoms with Crippen LogP contribution in [0.4, 0.5) is 11.4 Å². The highest BCUT2D eigenvalue weighted by Gasteiger charge is 2.24. The molecule has 1 saturated heterocycles. The predicted octanol–water partition coefficient (Wildman–Crippen LogP) is 2.07. The molecule has 130 valence electrons. The Balaban J connectivity index is 1.59. The van der Waals surface area contributed by atoms with Crippen LogP contribution < -0.4 is 10.2 Å². The highest BCUT2D eigenvalue weighted by Crippen LogP contribution is 2.26. The zero-order valence-corrected chi connectivity index (χ0v) is 14.0. The van der Waals surface area contributed by atoms with Crippen molar-refractivity contribution in [3.63, 3.8) is 0 Å². The fourth-order valence-electron chi connectivity index (χ4n) is 3.35. The second-order valence-corrected chi connectivity index (χ2v) is 6.48. The summed E-state index contributed by atoms with van der Waals surface area (Å²) in [6, 6.07) is 15.2. The maximum absolute atomic E-state index is 11.2. The summed E-state index contributed by atoms with van der Waals surface area (Å²) >= 11 is 0. The molecule has 6 nitrogen and oxygen atoms in total. The summed E-state index contributed by atoms with van der Waals surface area (Å²) < 4.78 is 0. The minimum absolute atomic E-state index is 0.0383. The van der Waals surface area contributed by atoms with E-state index < -0.39 is 4.92 Å². The molecule has 1 fully saturated rings. The van der Waals surface area contributed by atoms with Crippen LogP contribution in [0.25, 0.3) is 0 Å². The molecular weight excluding hydrogens is 318 g/mol. The number of nitro groups is 1. The van der Waals surface area contributed by atoms with Crippen LogP contribution in [0.1, 0.15) is 28.8 Å². The van der Waals surface area contributed by atoms with Crippen LogP contribution >= 0.6 is 0 Å². The Bertz CT molecular complexity index is 741. The minimum Gasteiger partial charge on any atom is -0.376 e. The highest BCUT2D eigenvalue weighted by atomic mass is 16.6. The van der Waals surface area contributed by atoms with E-state index in [9.17, 15) is 14.9 Å². The maximum atomic E-state index is 11.2. The van der Waals surface area contributed by atoms with E-state index in [1.807, 2.05) is 6.07 Å². The molecule has 0 unspecified atom stereocenters. The van der Waals surface area contributed by atoms with Gasteiger partial charge in [-0.2, -0.15) is 0 Å². The number of benzene rings is 2. The van der Waals surface area contributed by atoms with Gasteiger partial charge in [0.15, 0.2) is 0 Å². The van der Waals surface area contributed by atoms with E-state index in [0.29, 0.717) is 17.5 Å². The second kappa shape index (κ2) is 7.90. The molecule has 0 aliphatic carbocycles. The van der Waals surface area contributed by atoms with Gasteiger partial charge in [0.1, 0.15) is 18.5 Å². The molecule has 3 rings (SSSR count). The van der Waals surface area contributed by atoms with Crippen molar-refractivity contribution in [2.24, 2.45) is 0 Å². The third-order valence-electron chi connectivity index (χ3n) is 4.70. The molecule has 2 aromatic rings. The summed E-state index contributed by atoms with van der Waals surface area (Å²) in [4.78, 5) is 23.2. The van der Waals surface area contributed by atoms with Crippen LogP contribution in [0.5, 0.6) is 0 Å². The van der Waals surface area contributed by atoms with Gasteiger partial charge in [-0.1, -0.05) is 30.3 Å². The molecule has 0 aromatic heterocycles. The summed E-state index contributed by atoms with van der Waals surface area (Å²) in [5, 5.41) is 14.5. The lowest BCUT2D eigenvalue weighted by Crippen LogP contribution is -3.12. The number of likely N-dealkylation sites (tertiary alicyclic amines) is 1. The van der Waals surface area contributed by atoms with E-state index in [1.165, 1.54) is 16.5 Å². The van der Waals surface area contributed by atoms with Crippen LogP contribution in [0.2, 0.25) is 0 Å². The molecule has 0 saturated carbocycles. The molecule has 1 aliphatic rings. The molecule has 0 radical (unpaired) electrons. The smallest absolute Gasteiger partial charge is 0.293 e.